The van der Waals surface area contributed by atoms with Crippen molar-refractivity contribution in [2.24, 2.45) is 0 Å². The van der Waals surface area contributed by atoms with E-state index in [1.165, 1.54) is 64.0 Å². The molecule has 22 nitrogen and oxygen atoms in total. The summed E-state index contributed by atoms with van der Waals surface area (Å²) in [5.41, 5.74) is 1.94. The van der Waals surface area contributed by atoms with E-state index in [-0.39, 0.29) is 54.6 Å². The molecule has 378 valence electrons. The van der Waals surface area contributed by atoms with Crippen LogP contribution >= 0.6 is 16.4 Å². The number of rotatable bonds is 15. The normalized spacial score (nSPS) is 21.8. The van der Waals surface area contributed by atoms with Crippen LogP contribution in [0.5, 0.6) is 0 Å². The quantitative estimate of drug-likeness (QED) is 0.0597. The molecule has 0 spiro atoms. The van der Waals surface area contributed by atoms with Crippen molar-refractivity contribution in [2.75, 3.05) is 49.9 Å². The summed E-state index contributed by atoms with van der Waals surface area (Å²) in [4.78, 5) is 71.4. The summed E-state index contributed by atoms with van der Waals surface area (Å²) in [5, 5.41) is 13.0. The van der Waals surface area contributed by atoms with Gasteiger partial charge in [0.2, 0.25) is 1.43 Å². The van der Waals surface area contributed by atoms with E-state index < -0.39 is 81.2 Å². The van der Waals surface area contributed by atoms with Crippen molar-refractivity contribution in [2.45, 2.75) is 62.7 Å². The fourth-order valence-corrected chi connectivity index (χ4v) is 8.49. The minimum Gasteiger partial charge on any atom is -0.540 e. The average Bonchev–Trinajstić information content (AvgIpc) is 4.16. The number of imidazole rings is 2. The topological polar surface area (TPSA) is 280 Å². The molecule has 4 N–H and O–H groups in total. The van der Waals surface area contributed by atoms with E-state index in [9.17, 15) is 23.7 Å². The van der Waals surface area contributed by atoms with Crippen LogP contribution in [-0.2, 0) is 27.5 Å². The monoisotopic (exact) mass is 1040 g/mol. The van der Waals surface area contributed by atoms with Crippen LogP contribution in [0.4, 0.5) is 20.4 Å². The molecule has 9 atom stereocenters. The van der Waals surface area contributed by atoms with E-state index in [4.69, 9.17) is 31.0 Å². The zero-order chi connectivity index (χ0) is 53.4. The molecule has 0 aliphatic carbocycles. The number of amides is 2. The number of aliphatic hydroxyl groups is 2. The maximum absolute atomic E-state index is 15.4. The Morgan fingerprint density at radius 3 is 1.70 bits per heavy atom. The Kier molecular flexibility index (Phi) is 19.6. The largest absolute Gasteiger partial charge is 0.695 e. The second kappa shape index (κ2) is 26.4. The highest BCUT2D eigenvalue weighted by molar-refractivity contribution is 7.50. The van der Waals surface area contributed by atoms with Gasteiger partial charge in [-0.3, -0.25) is 28.5 Å². The number of alkyl halides is 2. The SMILES string of the molecule is C=CCN(C(=O)c1ccccc1)c1ncnc2c1ncn2[C@@H]1O[C@H](CO)[C@@H](O[P+](=O)O)[C@H]1F.C[Si](=O)O.[2H]C[C@H]1O[C@@H](n2cnc3c(N(CC=C)C(=O)c4ccccc4)ncnc32)[C@H](F)[C@@H]1OP(C)C.[3H]OC. The van der Waals surface area contributed by atoms with Gasteiger partial charge in [-0.15, -0.1) is 22.6 Å². The van der Waals surface area contributed by atoms with Crippen LogP contribution in [0.3, 0.4) is 0 Å². The molecule has 0 bridgehead atoms. The number of nitrogens with zero attached hydrogens (tertiary/aromatic N) is 10. The lowest BCUT2D eigenvalue weighted by molar-refractivity contribution is -0.0436. The maximum Gasteiger partial charge on any atom is 0.695 e. The summed E-state index contributed by atoms with van der Waals surface area (Å²) in [6.07, 6.45) is -1.67. The van der Waals surface area contributed by atoms with Gasteiger partial charge in [-0.1, -0.05) is 48.6 Å². The fourth-order valence-electron chi connectivity index (χ4n) is 7.29. The first-order chi connectivity index (χ1) is 35.1. The Labute approximate surface area is 412 Å². The molecule has 27 heteroatoms. The summed E-state index contributed by atoms with van der Waals surface area (Å²) in [7, 11) is -4.79. The van der Waals surface area contributed by atoms with Gasteiger partial charge in [-0.25, -0.2) is 38.7 Å². The van der Waals surface area contributed by atoms with Crippen molar-refractivity contribution >= 4 is 71.1 Å². The second-order valence-corrected chi connectivity index (χ2v) is 18.7. The summed E-state index contributed by atoms with van der Waals surface area (Å²) in [6, 6.07) is 17.4. The Morgan fingerprint density at radius 2 is 1.31 bits per heavy atom. The first kappa shape index (κ1) is 52.7. The minimum absolute atomic E-state index is 0.129. The molecule has 6 heterocycles. The standard InChI is InChI=1S/C22H25FN5O3P.C20H19FN5O6P.CH4O2Si.CH4O/c1-5-11-27(21(29)15-9-7-6-8-10-15)19-17-20(25-12-24-19)28(13-26-17)22-16(23)18(14(2)30-22)31-32(3)4;1-2-8-25(19(28)12-6-4-3-5-7-12)17-15-18(23-10-22-17)26(11-24-15)20-14(21)16(32-33(29)30)13(9-27)31-20;1-4(2)3;1-2/h5-10,12-14,16,18,22H,1,11H2,2-4H3;2-7,10-11,13-14,16,20,27H,1,8-9H2;2H,1H3;2H,1H3/p+1/t14-,16-,18-,22-;13-,14-,16-,20-;;/m11../s1/i2D;;;2T. The molecule has 2 fully saturated rings. The van der Waals surface area contributed by atoms with Crippen molar-refractivity contribution in [3.8, 4) is 0 Å². The van der Waals surface area contributed by atoms with Crippen LogP contribution in [-0.4, -0.2) is 158 Å². The number of benzene rings is 2. The van der Waals surface area contributed by atoms with Gasteiger partial charge in [0, 0.05) is 52.0 Å². The summed E-state index contributed by atoms with van der Waals surface area (Å²) < 4.78 is 88.8. The molecule has 8 rings (SSSR count). The van der Waals surface area contributed by atoms with Crippen LogP contribution in [0.2, 0.25) is 6.55 Å². The molecule has 2 amide bonds. The number of halogens is 2. The van der Waals surface area contributed by atoms with Gasteiger partial charge >= 0.3 is 17.2 Å². The number of carbonyl (C=O) groups excluding carboxylic acids is 2. The third-order valence-corrected chi connectivity index (χ3v) is 11.2. The number of aromatic nitrogens is 8. The van der Waals surface area contributed by atoms with Gasteiger partial charge in [-0.2, -0.15) is 0 Å². The molecule has 71 heavy (non-hydrogen) atoms. The highest BCUT2D eigenvalue weighted by atomic mass is 31.1. The third-order valence-electron chi connectivity index (χ3n) is 10.2. The predicted octanol–water partition coefficient (Wildman–Crippen LogP) is 5.01. The van der Waals surface area contributed by atoms with Crippen molar-refractivity contribution in [1.29, 1.82) is 1.43 Å². The number of hydrogen-bond donors (Lipinski definition) is 4. The second-order valence-electron chi connectivity index (χ2n) is 15.1. The molecule has 6 aromatic rings. The summed E-state index contributed by atoms with van der Waals surface area (Å²) in [5.74, 6) is -0.138. The number of anilines is 2. The predicted molar refractivity (Wildman–Crippen MR) is 259 cm³/mol. The Bertz CT molecular complexity index is 2810. The zero-order valence-corrected chi connectivity index (χ0v) is 41.5. The van der Waals surface area contributed by atoms with Crippen LogP contribution < -0.4 is 9.80 Å². The van der Waals surface area contributed by atoms with Crippen molar-refractivity contribution < 1.29 is 67.2 Å². The van der Waals surface area contributed by atoms with Crippen molar-refractivity contribution in [1.82, 2.24) is 39.0 Å². The first-order valence-electron chi connectivity index (χ1n) is 22.3. The molecule has 4 aromatic heterocycles. The molecule has 2 aliphatic rings. The number of fused-ring (bicyclic) bond motifs is 2. The van der Waals surface area contributed by atoms with Crippen molar-refractivity contribution in [3.05, 3.63) is 122 Å². The minimum atomic E-state index is -3.11. The van der Waals surface area contributed by atoms with Gasteiger partial charge in [0.1, 0.15) is 24.9 Å². The van der Waals surface area contributed by atoms with Crippen LogP contribution in [0.25, 0.3) is 22.3 Å². The number of hydrogen-bond acceptors (Lipinski definition) is 16. The van der Waals surface area contributed by atoms with E-state index >= 15 is 8.78 Å². The van der Waals surface area contributed by atoms with Crippen LogP contribution in [0.15, 0.2) is 111 Å². The first-order valence-corrected chi connectivity index (χ1v) is 26.4. The third kappa shape index (κ3) is 13.3. The molecule has 2 aliphatic heterocycles. The van der Waals surface area contributed by atoms with E-state index in [1.54, 1.807) is 60.7 Å². The maximum atomic E-state index is 15.4. The summed E-state index contributed by atoms with van der Waals surface area (Å²) >= 11 is 0. The highest BCUT2D eigenvalue weighted by Crippen LogP contribution is 2.42. The fraction of sp³-hybridized carbons (Fsp3) is 0.364. The van der Waals surface area contributed by atoms with E-state index in [2.05, 4.69) is 48.2 Å². The van der Waals surface area contributed by atoms with Gasteiger partial charge < -0.3 is 33.5 Å². The molecular weight excluding hydrogens is 989 g/mol. The lowest BCUT2D eigenvalue weighted by Gasteiger charge is -2.21. The van der Waals surface area contributed by atoms with E-state index in [0.717, 1.165) is 0 Å². The van der Waals surface area contributed by atoms with Crippen LogP contribution in [0.1, 0.15) is 41.4 Å². The molecular formula is C44H53F2N10O12P2Si+. The van der Waals surface area contributed by atoms with Crippen molar-refractivity contribution in [3.63, 3.8) is 0 Å². The molecule has 2 saturated heterocycles. The van der Waals surface area contributed by atoms with Crippen LogP contribution in [0, 0.1) is 0 Å². The molecule has 0 radical (unpaired) electrons. The van der Waals surface area contributed by atoms with E-state index in [0.29, 0.717) is 22.3 Å². The number of ether oxygens (including phenoxy) is 2. The van der Waals surface area contributed by atoms with E-state index in [1.807, 2.05) is 19.4 Å². The Morgan fingerprint density at radius 1 is 0.873 bits per heavy atom. The van der Waals surface area contributed by atoms with Gasteiger partial charge in [-0.05, 0) is 44.5 Å². The van der Waals surface area contributed by atoms with Gasteiger partial charge in [0.15, 0.2) is 64.9 Å². The Hall–Kier alpha value is -6.11. The lowest BCUT2D eigenvalue weighted by atomic mass is 10.1. The average molecular weight is 1050 g/mol. The van der Waals surface area contributed by atoms with Gasteiger partial charge in [0.25, 0.3) is 11.8 Å². The zero-order valence-electron chi connectivity index (χ0n) is 40.7. The Balaban J connectivity index is 0.000000240. The lowest BCUT2D eigenvalue weighted by Crippen LogP contribution is -2.32. The molecule has 0 saturated carbocycles. The molecule has 1 unspecified atom stereocenters. The number of aliphatic hydroxyl groups excluding tert-OH is 2. The molecule has 2 aromatic carbocycles. The summed E-state index contributed by atoms with van der Waals surface area (Å²) in [6.45, 7) is 12.0. The smallest absolute Gasteiger partial charge is 0.540 e. The highest BCUT2D eigenvalue weighted by Gasteiger charge is 2.52. The van der Waals surface area contributed by atoms with Gasteiger partial charge in [0.05, 0.1) is 25.4 Å². The number of carbonyl (C=O) groups is 2.